The van der Waals surface area contributed by atoms with Gasteiger partial charge in [-0.1, -0.05) is 24.3 Å². The lowest BCUT2D eigenvalue weighted by Crippen LogP contribution is -2.53. The summed E-state index contributed by atoms with van der Waals surface area (Å²) in [4.78, 5) is 17.2. The topological polar surface area (TPSA) is 56.3 Å². The molecule has 3 atom stereocenters. The van der Waals surface area contributed by atoms with E-state index in [4.69, 9.17) is 5.11 Å². The lowest BCUT2D eigenvalue weighted by Gasteiger charge is -2.53. The zero-order valence-corrected chi connectivity index (χ0v) is 17.4. The molecule has 0 spiro atoms. The molecule has 0 radical (unpaired) electrons. The van der Waals surface area contributed by atoms with Crippen LogP contribution >= 0.6 is 0 Å². The number of allylic oxidation sites excluding steroid dienone is 1. The molecule has 4 aliphatic carbocycles. The molecule has 4 fully saturated rings. The maximum Gasteiger partial charge on any atom is 0.327 e. The second-order valence-electron chi connectivity index (χ2n) is 10.4. The van der Waals surface area contributed by atoms with Crippen LogP contribution in [0.4, 0.5) is 4.39 Å². The van der Waals surface area contributed by atoms with Crippen LogP contribution in [0.3, 0.4) is 0 Å². The van der Waals surface area contributed by atoms with Crippen LogP contribution < -0.4 is 0 Å². The third kappa shape index (κ3) is 2.71. The first kappa shape index (κ1) is 18.6. The number of fused-ring (bicyclic) bond motifs is 4. The number of nitrogens with one attached hydrogen (secondary N) is 1. The van der Waals surface area contributed by atoms with Gasteiger partial charge in [-0.2, -0.15) is 0 Å². The Hall–Kier alpha value is -2.14. The van der Waals surface area contributed by atoms with Gasteiger partial charge in [0, 0.05) is 35.3 Å². The molecule has 4 nitrogen and oxygen atoms in total. The Balaban J connectivity index is 1.42. The summed E-state index contributed by atoms with van der Waals surface area (Å²) in [5.41, 5.74) is 2.98. The molecule has 158 valence electrons. The van der Waals surface area contributed by atoms with E-state index < -0.39 is 11.6 Å². The number of benzene rings is 1. The summed E-state index contributed by atoms with van der Waals surface area (Å²) in [6.45, 7) is 2.78. The smallest absolute Gasteiger partial charge is 0.327 e. The Morgan fingerprint density at radius 2 is 2.07 bits per heavy atom. The molecular weight excluding hydrogens is 379 g/mol. The average molecular weight is 409 g/mol. The molecule has 3 unspecified atom stereocenters. The highest BCUT2D eigenvalue weighted by molar-refractivity contribution is 5.85. The first-order chi connectivity index (χ1) is 14.4. The van der Waals surface area contributed by atoms with Gasteiger partial charge in [-0.05, 0) is 74.3 Å². The average Bonchev–Trinajstić information content (AvgIpc) is 3.03. The summed E-state index contributed by atoms with van der Waals surface area (Å²) in [5, 5.41) is 10.4. The van der Waals surface area contributed by atoms with Crippen LogP contribution in [0.5, 0.6) is 0 Å². The first-order valence-electron chi connectivity index (χ1n) is 11.3. The Kier molecular flexibility index (Phi) is 3.84. The number of halogens is 1. The van der Waals surface area contributed by atoms with Crippen LogP contribution in [0.15, 0.2) is 36.4 Å². The molecule has 0 saturated heterocycles. The van der Waals surface area contributed by atoms with Crippen molar-refractivity contribution >= 4 is 16.9 Å². The van der Waals surface area contributed by atoms with E-state index in [1.807, 2.05) is 6.08 Å². The van der Waals surface area contributed by atoms with Crippen LogP contribution in [0.2, 0.25) is 0 Å². The maximum absolute atomic E-state index is 15.0. The van der Waals surface area contributed by atoms with Crippen molar-refractivity contribution in [2.24, 2.45) is 17.3 Å². The number of carboxylic acid groups (broad SMARTS) is 1. The summed E-state index contributed by atoms with van der Waals surface area (Å²) in [5.74, 6) is 0.0214. The third-order valence-corrected chi connectivity index (χ3v) is 8.43. The number of alkyl halides is 1. The summed E-state index contributed by atoms with van der Waals surface area (Å²) in [6, 6.07) is 9.01. The van der Waals surface area contributed by atoms with Crippen LogP contribution in [0, 0.1) is 17.3 Å². The molecular formula is C25H29FN2O2. The molecule has 1 aromatic heterocycles. The summed E-state index contributed by atoms with van der Waals surface area (Å²) >= 11 is 0. The minimum Gasteiger partial charge on any atom is -0.478 e. The lowest BCUT2D eigenvalue weighted by molar-refractivity contribution is -0.131. The largest absolute Gasteiger partial charge is 0.478 e. The highest BCUT2D eigenvalue weighted by Gasteiger charge is 2.62. The first-order valence-corrected chi connectivity index (χ1v) is 11.3. The number of hydrogen-bond acceptors (Lipinski definition) is 2. The number of rotatable bonds is 5. The second-order valence-corrected chi connectivity index (χ2v) is 10.4. The van der Waals surface area contributed by atoms with Gasteiger partial charge < -0.3 is 10.1 Å². The van der Waals surface area contributed by atoms with Crippen LogP contribution in [0.1, 0.15) is 56.3 Å². The van der Waals surface area contributed by atoms with Crippen molar-refractivity contribution in [2.75, 3.05) is 6.54 Å². The van der Waals surface area contributed by atoms with E-state index in [0.29, 0.717) is 37.3 Å². The summed E-state index contributed by atoms with van der Waals surface area (Å²) < 4.78 is 15.0. The normalized spacial score (nSPS) is 36.7. The zero-order valence-electron chi connectivity index (χ0n) is 17.4. The summed E-state index contributed by atoms with van der Waals surface area (Å²) in [7, 11) is 0. The van der Waals surface area contributed by atoms with Gasteiger partial charge in [-0.25, -0.2) is 9.18 Å². The van der Waals surface area contributed by atoms with Gasteiger partial charge in [-0.15, -0.1) is 0 Å². The number of hydrogen-bond donors (Lipinski definition) is 2. The Morgan fingerprint density at radius 3 is 2.80 bits per heavy atom. The number of aromatic nitrogens is 1. The Labute approximate surface area is 176 Å². The molecule has 0 amide bonds. The Bertz CT molecular complexity index is 1050. The monoisotopic (exact) mass is 408 g/mol. The van der Waals surface area contributed by atoms with Gasteiger partial charge in [0.2, 0.25) is 0 Å². The molecule has 4 saturated carbocycles. The van der Waals surface area contributed by atoms with Crippen molar-refractivity contribution in [1.82, 2.24) is 9.88 Å². The van der Waals surface area contributed by atoms with E-state index in [1.54, 1.807) is 0 Å². The highest BCUT2D eigenvalue weighted by atomic mass is 19.1. The van der Waals surface area contributed by atoms with E-state index in [0.717, 1.165) is 25.7 Å². The molecule has 5 heteroatoms. The van der Waals surface area contributed by atoms with Crippen molar-refractivity contribution in [2.45, 2.75) is 63.2 Å². The minimum absolute atomic E-state index is 0.119. The molecule has 5 aliphatic rings. The molecule has 2 heterocycles. The van der Waals surface area contributed by atoms with Crippen LogP contribution in [0.25, 0.3) is 10.9 Å². The van der Waals surface area contributed by atoms with Gasteiger partial charge in [0.1, 0.15) is 5.67 Å². The number of nitrogens with zero attached hydrogens (tertiary/aromatic N) is 1. The van der Waals surface area contributed by atoms with Crippen LogP contribution in [-0.2, 0) is 11.2 Å². The molecule has 1 aromatic carbocycles. The fourth-order valence-corrected chi connectivity index (χ4v) is 6.89. The molecule has 7 rings (SSSR count). The van der Waals surface area contributed by atoms with Gasteiger partial charge in [0.05, 0.1) is 6.04 Å². The predicted octanol–water partition coefficient (Wildman–Crippen LogP) is 5.01. The zero-order chi connectivity index (χ0) is 20.7. The van der Waals surface area contributed by atoms with E-state index in [-0.39, 0.29) is 11.5 Å². The van der Waals surface area contributed by atoms with Gasteiger partial charge >= 0.3 is 5.97 Å². The number of aromatic amines is 1. The van der Waals surface area contributed by atoms with Gasteiger partial charge in [-0.3, -0.25) is 4.90 Å². The molecule has 2 bridgehead atoms. The number of para-hydroxylation sites is 1. The molecule has 2 aromatic rings. The molecule has 2 N–H and O–H groups in total. The third-order valence-electron chi connectivity index (χ3n) is 8.43. The quantitative estimate of drug-likeness (QED) is 0.684. The van der Waals surface area contributed by atoms with Crippen molar-refractivity contribution in [1.29, 1.82) is 0 Å². The highest BCUT2D eigenvalue weighted by Crippen LogP contribution is 2.69. The number of H-pyrrole nitrogens is 1. The van der Waals surface area contributed by atoms with Crippen molar-refractivity contribution in [3.8, 4) is 0 Å². The number of carboxylic acids is 1. The SMILES string of the molecule is CC1Cc2c([nH]c3ccccc23)C(C23CC(/C=C/C(=O)O)C(C2)C3)N1CC1(F)CC1. The minimum atomic E-state index is -1.02. The van der Waals surface area contributed by atoms with E-state index in [1.165, 1.54) is 28.2 Å². The number of carbonyl (C=O) groups is 1. The fourth-order valence-electron chi connectivity index (χ4n) is 6.89. The molecule has 1 aliphatic heterocycles. The number of aliphatic carboxylic acids is 1. The Morgan fingerprint density at radius 1 is 1.30 bits per heavy atom. The van der Waals surface area contributed by atoms with Crippen LogP contribution in [-0.4, -0.2) is 39.2 Å². The van der Waals surface area contributed by atoms with Gasteiger partial charge in [0.25, 0.3) is 0 Å². The van der Waals surface area contributed by atoms with E-state index in [2.05, 4.69) is 41.1 Å². The van der Waals surface area contributed by atoms with E-state index >= 15 is 0 Å². The fraction of sp³-hybridized carbons (Fsp3) is 0.560. The lowest BCUT2D eigenvalue weighted by atomic mass is 9.62. The second kappa shape index (κ2) is 6.19. The van der Waals surface area contributed by atoms with Crippen molar-refractivity contribution < 1.29 is 14.3 Å². The maximum atomic E-state index is 15.0. The van der Waals surface area contributed by atoms with Crippen molar-refractivity contribution in [3.63, 3.8) is 0 Å². The van der Waals surface area contributed by atoms with Crippen molar-refractivity contribution in [3.05, 3.63) is 47.7 Å². The molecule has 30 heavy (non-hydrogen) atoms. The van der Waals surface area contributed by atoms with Gasteiger partial charge in [0.15, 0.2) is 0 Å². The predicted molar refractivity (Wildman–Crippen MR) is 114 cm³/mol. The summed E-state index contributed by atoms with van der Waals surface area (Å²) in [6.07, 6.45) is 8.77. The standard InChI is InChI=1S/C25H29FN2O2/c1-15-10-19-18-4-2-3-5-20(18)27-22(19)23(28(15)14-25(26)8-9-25)24-11-16(6-7-21(29)30)17(12-24)13-24/h2-7,15-17,23,27H,8-14H2,1H3,(H,29,30)/b7-6+. The van der Waals surface area contributed by atoms with E-state index in [9.17, 15) is 9.18 Å².